The molecule has 2 aromatic carbocycles. The van der Waals surface area contributed by atoms with Crippen LogP contribution in [0.15, 0.2) is 53.6 Å². The van der Waals surface area contributed by atoms with Crippen molar-refractivity contribution < 1.29 is 14.7 Å². The molecular weight excluding hydrogens is 282 g/mol. The summed E-state index contributed by atoms with van der Waals surface area (Å²) in [7, 11) is 0. The molecule has 0 aliphatic rings. The van der Waals surface area contributed by atoms with Gasteiger partial charge in [0.1, 0.15) is 5.75 Å². The van der Waals surface area contributed by atoms with Gasteiger partial charge in [-0.25, -0.2) is 5.43 Å². The second-order valence-electron chi connectivity index (χ2n) is 4.58. The Labute approximate surface area is 127 Å². The quantitative estimate of drug-likeness (QED) is 0.458. The molecule has 0 bridgehead atoms. The molecule has 2 amide bonds. The molecule has 0 fully saturated rings. The van der Waals surface area contributed by atoms with Crippen LogP contribution in [0.2, 0.25) is 0 Å². The zero-order chi connectivity index (χ0) is 15.9. The van der Waals surface area contributed by atoms with Crippen molar-refractivity contribution >= 4 is 23.7 Å². The number of para-hydroxylation sites is 1. The Morgan fingerprint density at radius 2 is 1.86 bits per heavy atom. The highest BCUT2D eigenvalue weighted by molar-refractivity contribution is 6.39. The highest BCUT2D eigenvalue weighted by atomic mass is 16.3. The van der Waals surface area contributed by atoms with E-state index in [0.717, 1.165) is 5.56 Å². The van der Waals surface area contributed by atoms with Crippen molar-refractivity contribution in [1.82, 2.24) is 5.43 Å². The second-order valence-corrected chi connectivity index (χ2v) is 4.58. The van der Waals surface area contributed by atoms with Crippen LogP contribution in [-0.2, 0) is 9.59 Å². The fourth-order valence-corrected chi connectivity index (χ4v) is 1.72. The standard InChI is InChI=1S/C16H15N3O3/c1-11-5-4-7-13(9-11)18-15(21)16(22)19-17-10-12-6-2-3-8-14(12)20/h2-10,20H,1H3,(H,18,21)(H,19,22)/b17-10-. The predicted molar refractivity (Wildman–Crippen MR) is 83.7 cm³/mol. The average molecular weight is 297 g/mol. The molecule has 0 aliphatic heterocycles. The summed E-state index contributed by atoms with van der Waals surface area (Å²) in [5.74, 6) is -1.68. The highest BCUT2D eigenvalue weighted by Crippen LogP contribution is 2.12. The number of hydrazone groups is 1. The van der Waals surface area contributed by atoms with E-state index in [0.29, 0.717) is 11.3 Å². The van der Waals surface area contributed by atoms with Gasteiger partial charge < -0.3 is 10.4 Å². The van der Waals surface area contributed by atoms with Gasteiger partial charge in [-0.2, -0.15) is 5.10 Å². The number of aryl methyl sites for hydroxylation is 1. The van der Waals surface area contributed by atoms with Gasteiger partial charge >= 0.3 is 11.8 Å². The van der Waals surface area contributed by atoms with Crippen LogP contribution in [0.5, 0.6) is 5.75 Å². The zero-order valence-electron chi connectivity index (χ0n) is 11.9. The van der Waals surface area contributed by atoms with Crippen LogP contribution in [-0.4, -0.2) is 23.1 Å². The number of aromatic hydroxyl groups is 1. The first-order valence-electron chi connectivity index (χ1n) is 6.55. The first kappa shape index (κ1) is 15.2. The lowest BCUT2D eigenvalue weighted by molar-refractivity contribution is -0.136. The Bertz CT molecular complexity index is 726. The number of benzene rings is 2. The molecule has 2 rings (SSSR count). The van der Waals surface area contributed by atoms with Crippen molar-refractivity contribution in [3.63, 3.8) is 0 Å². The normalized spacial score (nSPS) is 10.4. The molecule has 0 aromatic heterocycles. The number of anilines is 1. The van der Waals surface area contributed by atoms with Gasteiger partial charge in [0.05, 0.1) is 6.21 Å². The SMILES string of the molecule is Cc1cccc(NC(=O)C(=O)N/N=C\c2ccccc2O)c1. The van der Waals surface area contributed by atoms with Crippen LogP contribution in [0.25, 0.3) is 0 Å². The van der Waals surface area contributed by atoms with Crippen LogP contribution in [0, 0.1) is 6.92 Å². The molecule has 2 aromatic rings. The number of nitrogens with one attached hydrogen (secondary N) is 2. The van der Waals surface area contributed by atoms with Gasteiger partial charge in [0.15, 0.2) is 0 Å². The van der Waals surface area contributed by atoms with E-state index in [1.807, 2.05) is 13.0 Å². The Hall–Kier alpha value is -3.15. The summed E-state index contributed by atoms with van der Waals surface area (Å²) in [4.78, 5) is 23.3. The Morgan fingerprint density at radius 1 is 1.09 bits per heavy atom. The predicted octanol–water partition coefficient (Wildman–Crippen LogP) is 1.79. The second kappa shape index (κ2) is 7.03. The third-order valence-corrected chi connectivity index (χ3v) is 2.79. The van der Waals surface area contributed by atoms with Crippen molar-refractivity contribution in [2.75, 3.05) is 5.32 Å². The molecule has 0 unspecified atom stereocenters. The van der Waals surface area contributed by atoms with E-state index in [4.69, 9.17) is 0 Å². The lowest BCUT2D eigenvalue weighted by atomic mass is 10.2. The number of carbonyl (C=O) groups excluding carboxylic acids is 2. The summed E-state index contributed by atoms with van der Waals surface area (Å²) < 4.78 is 0. The summed E-state index contributed by atoms with van der Waals surface area (Å²) >= 11 is 0. The fourth-order valence-electron chi connectivity index (χ4n) is 1.72. The molecule has 112 valence electrons. The van der Waals surface area contributed by atoms with E-state index in [-0.39, 0.29) is 5.75 Å². The molecule has 6 nitrogen and oxygen atoms in total. The third kappa shape index (κ3) is 4.17. The third-order valence-electron chi connectivity index (χ3n) is 2.79. The molecule has 0 radical (unpaired) electrons. The van der Waals surface area contributed by atoms with Crippen molar-refractivity contribution in [2.45, 2.75) is 6.92 Å². The number of hydrogen-bond donors (Lipinski definition) is 3. The summed E-state index contributed by atoms with van der Waals surface area (Å²) in [5, 5.41) is 15.6. The van der Waals surface area contributed by atoms with E-state index in [1.165, 1.54) is 12.3 Å². The number of nitrogens with zero attached hydrogens (tertiary/aromatic N) is 1. The number of hydrogen-bond acceptors (Lipinski definition) is 4. The number of rotatable bonds is 3. The lowest BCUT2D eigenvalue weighted by Crippen LogP contribution is -2.32. The fraction of sp³-hybridized carbons (Fsp3) is 0.0625. The molecule has 0 saturated carbocycles. The molecule has 3 N–H and O–H groups in total. The largest absolute Gasteiger partial charge is 0.507 e. The van der Waals surface area contributed by atoms with E-state index in [2.05, 4.69) is 15.8 Å². The molecule has 0 heterocycles. The maximum Gasteiger partial charge on any atom is 0.329 e. The van der Waals surface area contributed by atoms with E-state index >= 15 is 0 Å². The van der Waals surface area contributed by atoms with Crippen LogP contribution >= 0.6 is 0 Å². The van der Waals surface area contributed by atoms with Crippen LogP contribution < -0.4 is 10.7 Å². The summed E-state index contributed by atoms with van der Waals surface area (Å²) in [6.45, 7) is 1.88. The maximum absolute atomic E-state index is 11.7. The van der Waals surface area contributed by atoms with Gasteiger partial charge in [0.25, 0.3) is 0 Å². The minimum absolute atomic E-state index is 0.0321. The van der Waals surface area contributed by atoms with Gasteiger partial charge in [-0.3, -0.25) is 9.59 Å². The van der Waals surface area contributed by atoms with E-state index in [9.17, 15) is 14.7 Å². The van der Waals surface area contributed by atoms with Gasteiger partial charge in [0, 0.05) is 11.3 Å². The molecule has 0 spiro atoms. The molecule has 22 heavy (non-hydrogen) atoms. The highest BCUT2D eigenvalue weighted by Gasteiger charge is 2.12. The summed E-state index contributed by atoms with van der Waals surface area (Å²) in [6.07, 6.45) is 1.26. The first-order valence-corrected chi connectivity index (χ1v) is 6.55. The summed E-state index contributed by atoms with van der Waals surface area (Å²) in [5.41, 5.74) is 4.03. The molecule has 0 atom stereocenters. The van der Waals surface area contributed by atoms with Crippen LogP contribution in [0.4, 0.5) is 5.69 Å². The average Bonchev–Trinajstić information content (AvgIpc) is 2.49. The smallest absolute Gasteiger partial charge is 0.329 e. The van der Waals surface area contributed by atoms with Gasteiger partial charge in [0.2, 0.25) is 0 Å². The van der Waals surface area contributed by atoms with Crippen molar-refractivity contribution in [3.05, 3.63) is 59.7 Å². The number of carbonyl (C=O) groups is 2. The molecule has 0 saturated heterocycles. The van der Waals surface area contributed by atoms with Crippen LogP contribution in [0.3, 0.4) is 0 Å². The number of amides is 2. The molecule has 6 heteroatoms. The minimum atomic E-state index is -0.895. The van der Waals surface area contributed by atoms with Crippen molar-refractivity contribution in [2.24, 2.45) is 5.10 Å². The van der Waals surface area contributed by atoms with Crippen molar-refractivity contribution in [3.8, 4) is 5.75 Å². The number of phenolic OH excluding ortho intramolecular Hbond substituents is 1. The van der Waals surface area contributed by atoms with E-state index in [1.54, 1.807) is 36.4 Å². The monoisotopic (exact) mass is 297 g/mol. The van der Waals surface area contributed by atoms with Gasteiger partial charge in [-0.15, -0.1) is 0 Å². The number of phenols is 1. The zero-order valence-corrected chi connectivity index (χ0v) is 11.9. The maximum atomic E-state index is 11.7. The first-order chi connectivity index (χ1) is 10.6. The lowest BCUT2D eigenvalue weighted by Gasteiger charge is -2.04. The van der Waals surface area contributed by atoms with Crippen LogP contribution in [0.1, 0.15) is 11.1 Å². The minimum Gasteiger partial charge on any atom is -0.507 e. The molecule has 0 aliphatic carbocycles. The van der Waals surface area contributed by atoms with Crippen molar-refractivity contribution in [1.29, 1.82) is 0 Å². The Balaban J connectivity index is 1.92. The van der Waals surface area contributed by atoms with Gasteiger partial charge in [-0.1, -0.05) is 24.3 Å². The topological polar surface area (TPSA) is 90.8 Å². The van der Waals surface area contributed by atoms with Gasteiger partial charge in [-0.05, 0) is 36.8 Å². The molecular formula is C16H15N3O3. The Kier molecular flexibility index (Phi) is 4.87. The summed E-state index contributed by atoms with van der Waals surface area (Å²) in [6, 6.07) is 13.6. The van der Waals surface area contributed by atoms with E-state index < -0.39 is 11.8 Å². The Morgan fingerprint density at radius 3 is 2.59 bits per heavy atom.